The van der Waals surface area contributed by atoms with Crippen LogP contribution in [0.2, 0.25) is 0 Å². The number of allylic oxidation sites excluding steroid dienone is 3. The van der Waals surface area contributed by atoms with Crippen molar-refractivity contribution in [3.8, 4) is 11.5 Å². The second-order valence-corrected chi connectivity index (χ2v) is 5.79. The number of carbonyl (C=O) groups excluding carboxylic acids is 3. The lowest BCUT2D eigenvalue weighted by Crippen LogP contribution is -2.34. The van der Waals surface area contributed by atoms with Crippen LogP contribution in [0.1, 0.15) is 26.3 Å². The van der Waals surface area contributed by atoms with Gasteiger partial charge < -0.3 is 14.2 Å². The molecule has 1 aromatic carbocycles. The van der Waals surface area contributed by atoms with Crippen molar-refractivity contribution in [3.05, 3.63) is 41.7 Å². The SMILES string of the molecule is COc1cccc(/C=C/C(=O)[C@H]2C(=O)C=C(C)OC2=O)c1OC(C)C. The van der Waals surface area contributed by atoms with Crippen molar-refractivity contribution < 1.29 is 28.6 Å². The molecule has 1 aliphatic heterocycles. The number of ketones is 2. The number of cyclic esters (lactones) is 1. The van der Waals surface area contributed by atoms with Gasteiger partial charge in [-0.2, -0.15) is 0 Å². The molecule has 132 valence electrons. The maximum Gasteiger partial charge on any atom is 0.329 e. The smallest absolute Gasteiger partial charge is 0.329 e. The van der Waals surface area contributed by atoms with Gasteiger partial charge in [-0.25, -0.2) is 0 Å². The number of benzene rings is 1. The molecule has 1 aromatic rings. The molecule has 0 N–H and O–H groups in total. The molecule has 1 heterocycles. The second kappa shape index (κ2) is 7.79. The molecule has 1 aliphatic rings. The second-order valence-electron chi connectivity index (χ2n) is 5.79. The summed E-state index contributed by atoms with van der Waals surface area (Å²) >= 11 is 0. The summed E-state index contributed by atoms with van der Waals surface area (Å²) in [6.07, 6.45) is 3.73. The minimum atomic E-state index is -1.46. The normalized spacial score (nSPS) is 17.5. The van der Waals surface area contributed by atoms with Crippen molar-refractivity contribution in [1.82, 2.24) is 0 Å². The van der Waals surface area contributed by atoms with E-state index < -0.39 is 23.5 Å². The van der Waals surface area contributed by atoms with E-state index in [1.165, 1.54) is 26.2 Å². The highest BCUT2D eigenvalue weighted by molar-refractivity contribution is 6.25. The van der Waals surface area contributed by atoms with Crippen molar-refractivity contribution >= 4 is 23.6 Å². The Bertz CT molecular complexity index is 757. The van der Waals surface area contributed by atoms with Crippen LogP contribution in [0.3, 0.4) is 0 Å². The topological polar surface area (TPSA) is 78.9 Å². The van der Waals surface area contributed by atoms with Gasteiger partial charge in [-0.1, -0.05) is 12.1 Å². The molecule has 0 spiro atoms. The summed E-state index contributed by atoms with van der Waals surface area (Å²) in [4.78, 5) is 36.0. The Morgan fingerprint density at radius 2 is 2.00 bits per heavy atom. The maximum atomic E-state index is 12.3. The Morgan fingerprint density at radius 1 is 1.28 bits per heavy atom. The average Bonchev–Trinajstić information content (AvgIpc) is 2.52. The van der Waals surface area contributed by atoms with E-state index >= 15 is 0 Å². The van der Waals surface area contributed by atoms with E-state index in [1.54, 1.807) is 18.2 Å². The van der Waals surface area contributed by atoms with Crippen LogP contribution in [-0.4, -0.2) is 30.7 Å². The van der Waals surface area contributed by atoms with Crippen molar-refractivity contribution in [1.29, 1.82) is 0 Å². The summed E-state index contributed by atoms with van der Waals surface area (Å²) in [6, 6.07) is 5.24. The van der Waals surface area contributed by atoms with Crippen LogP contribution in [0.15, 0.2) is 36.1 Å². The van der Waals surface area contributed by atoms with E-state index in [0.717, 1.165) is 6.08 Å². The van der Waals surface area contributed by atoms with Crippen molar-refractivity contribution in [2.24, 2.45) is 5.92 Å². The number of hydrogen-bond donors (Lipinski definition) is 0. The highest BCUT2D eigenvalue weighted by atomic mass is 16.5. The van der Waals surface area contributed by atoms with Gasteiger partial charge in [0, 0.05) is 11.6 Å². The van der Waals surface area contributed by atoms with E-state index in [4.69, 9.17) is 14.2 Å². The quantitative estimate of drug-likeness (QED) is 0.448. The summed E-state index contributed by atoms with van der Waals surface area (Å²) in [5.74, 6) is -2.34. The molecule has 0 aliphatic carbocycles. The molecule has 25 heavy (non-hydrogen) atoms. The standard InChI is InChI=1S/C19H20O6/c1-11(2)24-18-13(6-5-7-16(18)23-4)8-9-14(20)17-15(21)10-12(3)25-19(17)22/h5-11,17H,1-4H3/b9-8+/t17-/m0/s1. The molecule has 0 aromatic heterocycles. The zero-order chi connectivity index (χ0) is 18.6. The molecular formula is C19H20O6. The number of hydrogen-bond acceptors (Lipinski definition) is 6. The van der Waals surface area contributed by atoms with Crippen LogP contribution in [0.25, 0.3) is 6.08 Å². The minimum absolute atomic E-state index is 0.0952. The van der Waals surface area contributed by atoms with Gasteiger partial charge in [0.25, 0.3) is 0 Å². The molecule has 0 bridgehead atoms. The summed E-state index contributed by atoms with van der Waals surface area (Å²) in [5, 5.41) is 0. The van der Waals surface area contributed by atoms with E-state index in [2.05, 4.69) is 0 Å². The zero-order valence-corrected chi connectivity index (χ0v) is 14.6. The van der Waals surface area contributed by atoms with Crippen LogP contribution in [0.5, 0.6) is 11.5 Å². The predicted molar refractivity (Wildman–Crippen MR) is 91.1 cm³/mol. The van der Waals surface area contributed by atoms with Crippen LogP contribution >= 0.6 is 0 Å². The van der Waals surface area contributed by atoms with E-state index in [9.17, 15) is 14.4 Å². The van der Waals surface area contributed by atoms with E-state index in [1.807, 2.05) is 13.8 Å². The molecule has 2 rings (SSSR count). The third-order valence-corrected chi connectivity index (χ3v) is 3.42. The Hall–Kier alpha value is -2.89. The first-order valence-electron chi connectivity index (χ1n) is 7.83. The van der Waals surface area contributed by atoms with Gasteiger partial charge in [-0.15, -0.1) is 0 Å². The van der Waals surface area contributed by atoms with Crippen LogP contribution < -0.4 is 9.47 Å². The molecule has 6 nitrogen and oxygen atoms in total. The largest absolute Gasteiger partial charge is 0.493 e. The first-order chi connectivity index (χ1) is 11.8. The molecule has 0 amide bonds. The Labute approximate surface area is 146 Å². The molecule has 6 heteroatoms. The van der Waals surface area contributed by atoms with Gasteiger partial charge >= 0.3 is 5.97 Å². The number of rotatable bonds is 6. The molecule has 0 radical (unpaired) electrons. The first kappa shape index (κ1) is 18.4. The van der Waals surface area contributed by atoms with Gasteiger partial charge in [0.15, 0.2) is 29.0 Å². The highest BCUT2D eigenvalue weighted by Gasteiger charge is 2.36. The predicted octanol–water partition coefficient (Wildman–Crippen LogP) is 2.71. The number of carbonyl (C=O) groups is 3. The van der Waals surface area contributed by atoms with E-state index in [-0.39, 0.29) is 11.9 Å². The first-order valence-corrected chi connectivity index (χ1v) is 7.83. The summed E-state index contributed by atoms with van der Waals surface area (Å²) in [6.45, 7) is 5.23. The number of methoxy groups -OCH3 is 1. The van der Waals surface area contributed by atoms with Gasteiger partial charge in [0.2, 0.25) is 0 Å². The van der Waals surface area contributed by atoms with Crippen LogP contribution in [0, 0.1) is 5.92 Å². The molecule has 0 unspecified atom stereocenters. The van der Waals surface area contributed by atoms with Crippen LogP contribution in [0.4, 0.5) is 0 Å². The summed E-state index contributed by atoms with van der Waals surface area (Å²) in [7, 11) is 1.52. The summed E-state index contributed by atoms with van der Waals surface area (Å²) in [5.41, 5.74) is 0.602. The monoisotopic (exact) mass is 344 g/mol. The third kappa shape index (κ3) is 4.35. The van der Waals surface area contributed by atoms with E-state index in [0.29, 0.717) is 17.1 Å². The van der Waals surface area contributed by atoms with Crippen LogP contribution in [-0.2, 0) is 19.1 Å². The minimum Gasteiger partial charge on any atom is -0.493 e. The summed E-state index contributed by atoms with van der Waals surface area (Å²) < 4.78 is 15.9. The average molecular weight is 344 g/mol. The molecule has 0 saturated heterocycles. The lowest BCUT2D eigenvalue weighted by Gasteiger charge is -2.17. The van der Waals surface area contributed by atoms with Crippen molar-refractivity contribution in [2.45, 2.75) is 26.9 Å². The number of para-hydroxylation sites is 1. The van der Waals surface area contributed by atoms with Gasteiger partial charge in [-0.3, -0.25) is 14.4 Å². The Balaban J connectivity index is 2.28. The number of esters is 1. The fourth-order valence-corrected chi connectivity index (χ4v) is 2.36. The van der Waals surface area contributed by atoms with Gasteiger partial charge in [0.1, 0.15) is 5.76 Å². The molecule has 0 saturated carbocycles. The molecular weight excluding hydrogens is 324 g/mol. The molecule has 1 atom stereocenters. The number of ether oxygens (including phenoxy) is 3. The van der Waals surface area contributed by atoms with Gasteiger partial charge in [-0.05, 0) is 39.0 Å². The Kier molecular flexibility index (Phi) is 5.75. The maximum absolute atomic E-state index is 12.3. The van der Waals surface area contributed by atoms with Gasteiger partial charge in [0.05, 0.1) is 13.2 Å². The van der Waals surface area contributed by atoms with Crippen molar-refractivity contribution in [3.63, 3.8) is 0 Å². The lowest BCUT2D eigenvalue weighted by atomic mass is 9.96. The lowest BCUT2D eigenvalue weighted by molar-refractivity contribution is -0.151. The molecule has 0 fully saturated rings. The van der Waals surface area contributed by atoms with Crippen molar-refractivity contribution in [2.75, 3.05) is 7.11 Å². The fourth-order valence-electron chi connectivity index (χ4n) is 2.36. The highest BCUT2D eigenvalue weighted by Crippen LogP contribution is 2.33. The fraction of sp³-hybridized carbons (Fsp3) is 0.316. The third-order valence-electron chi connectivity index (χ3n) is 3.42. The Morgan fingerprint density at radius 3 is 2.60 bits per heavy atom. The zero-order valence-electron chi connectivity index (χ0n) is 14.6.